The molecule has 10 nitrogen and oxygen atoms in total. The molecule has 0 fully saturated rings. The van der Waals surface area contributed by atoms with Gasteiger partial charge in [-0.15, -0.1) is 4.80 Å². The van der Waals surface area contributed by atoms with Crippen molar-refractivity contribution in [3.63, 3.8) is 0 Å². The Hall–Kier alpha value is -3.48. The molecule has 0 saturated heterocycles. The van der Waals surface area contributed by atoms with Crippen molar-refractivity contribution in [1.29, 1.82) is 0 Å². The number of ketones is 1. The highest BCUT2D eigenvalue weighted by Gasteiger charge is 2.36. The smallest absolute Gasteiger partial charge is 0.333 e. The van der Waals surface area contributed by atoms with Crippen molar-refractivity contribution in [1.82, 2.24) is 24.1 Å². The zero-order valence-corrected chi connectivity index (χ0v) is 26.8. The maximum absolute atomic E-state index is 14.6. The number of hydrogen-bond acceptors (Lipinski definition) is 8. The minimum Gasteiger partial charge on any atom is -0.388 e. The van der Waals surface area contributed by atoms with E-state index in [-0.39, 0.29) is 36.7 Å². The van der Waals surface area contributed by atoms with Gasteiger partial charge >= 0.3 is 5.69 Å². The van der Waals surface area contributed by atoms with E-state index in [1.807, 2.05) is 20.8 Å². The van der Waals surface area contributed by atoms with Crippen molar-refractivity contribution in [3.05, 3.63) is 73.9 Å². The lowest BCUT2D eigenvalue weighted by atomic mass is 9.91. The summed E-state index contributed by atoms with van der Waals surface area (Å²) in [5, 5.41) is 19.7. The number of thiophene rings is 1. The molecule has 0 spiro atoms. The van der Waals surface area contributed by atoms with E-state index in [2.05, 4.69) is 10.2 Å². The van der Waals surface area contributed by atoms with Crippen LogP contribution in [0.25, 0.3) is 15.2 Å². The number of carbonyl (C=O) groups is 1. The third-order valence-corrected chi connectivity index (χ3v) is 8.73. The Kier molecular flexibility index (Phi) is 9.24. The second-order valence-corrected chi connectivity index (χ2v) is 13.4. The Bertz CT molecular complexity index is 1750. The van der Waals surface area contributed by atoms with Crippen molar-refractivity contribution in [3.8, 4) is 5.00 Å². The second kappa shape index (κ2) is 12.3. The standard InChI is InChI=1S/C31H40FN5O5S/c1-9-20-10-11-21(32)15-22(20)23(42-17-30(5,6)41)16-35-28-25(19(4)27(43-28)37-33-12-13-34-37)26(39)36(29(35)40)31(7,8)24(38)14-18(2)3/h10-13,15,18,23,41H,9,14,16-17H2,1-8H3/t23-/m1/s1. The molecule has 0 unspecified atom stereocenters. The molecule has 4 aromatic rings. The summed E-state index contributed by atoms with van der Waals surface area (Å²) in [7, 11) is 0. The van der Waals surface area contributed by atoms with E-state index in [9.17, 15) is 23.9 Å². The van der Waals surface area contributed by atoms with E-state index in [4.69, 9.17) is 4.74 Å². The average molecular weight is 614 g/mol. The fourth-order valence-electron chi connectivity index (χ4n) is 5.14. The summed E-state index contributed by atoms with van der Waals surface area (Å²) in [6.45, 7) is 13.6. The highest BCUT2D eigenvalue weighted by molar-refractivity contribution is 7.21. The van der Waals surface area contributed by atoms with E-state index >= 15 is 0 Å². The maximum Gasteiger partial charge on any atom is 0.333 e. The Morgan fingerprint density at radius 2 is 1.79 bits per heavy atom. The van der Waals surface area contributed by atoms with Gasteiger partial charge in [0.15, 0.2) is 5.78 Å². The van der Waals surface area contributed by atoms with Gasteiger partial charge in [0.25, 0.3) is 5.56 Å². The Balaban J connectivity index is 2.04. The molecular formula is C31H40FN5O5S. The van der Waals surface area contributed by atoms with Crippen LogP contribution in [-0.2, 0) is 28.0 Å². The predicted octanol–water partition coefficient (Wildman–Crippen LogP) is 4.69. The molecule has 0 aliphatic carbocycles. The maximum atomic E-state index is 14.6. The minimum atomic E-state index is -1.45. The van der Waals surface area contributed by atoms with Gasteiger partial charge in [0.1, 0.15) is 27.3 Å². The number of hydrogen-bond donors (Lipinski definition) is 1. The van der Waals surface area contributed by atoms with Crippen LogP contribution in [0.15, 0.2) is 40.2 Å². The number of ether oxygens (including phenoxy) is 1. The molecule has 3 aromatic heterocycles. The number of rotatable bonds is 12. The summed E-state index contributed by atoms with van der Waals surface area (Å²) in [4.78, 5) is 43.7. The summed E-state index contributed by atoms with van der Waals surface area (Å²) in [6, 6.07) is 4.42. The third kappa shape index (κ3) is 6.56. The van der Waals surface area contributed by atoms with E-state index in [1.54, 1.807) is 40.7 Å². The van der Waals surface area contributed by atoms with Gasteiger partial charge in [0, 0.05) is 12.0 Å². The molecule has 1 atom stereocenters. The first-order valence-electron chi connectivity index (χ1n) is 14.4. The number of aliphatic hydroxyl groups is 1. The van der Waals surface area contributed by atoms with E-state index in [0.717, 1.165) is 10.1 Å². The normalized spacial score (nSPS) is 13.3. The molecule has 0 aliphatic heterocycles. The number of carbonyl (C=O) groups excluding carboxylic acids is 1. The van der Waals surface area contributed by atoms with Crippen molar-refractivity contribution >= 4 is 27.3 Å². The molecule has 232 valence electrons. The number of benzene rings is 1. The molecule has 0 radical (unpaired) electrons. The molecule has 43 heavy (non-hydrogen) atoms. The van der Waals surface area contributed by atoms with Crippen LogP contribution in [0.5, 0.6) is 0 Å². The van der Waals surface area contributed by atoms with Gasteiger partial charge in [-0.2, -0.15) is 10.2 Å². The number of fused-ring (bicyclic) bond motifs is 1. The van der Waals surface area contributed by atoms with Crippen LogP contribution in [0.2, 0.25) is 0 Å². The summed E-state index contributed by atoms with van der Waals surface area (Å²) in [5.74, 6) is -0.692. The first-order chi connectivity index (χ1) is 20.1. The van der Waals surface area contributed by atoms with Crippen molar-refractivity contribution < 1.29 is 19.0 Å². The SMILES string of the molecule is CCc1ccc(F)cc1[C@@H](Cn1c(=O)n(C(C)(C)C(=O)CC(C)C)c(=O)c2c(C)c(-n3nccn3)sc21)OCC(C)(C)O. The van der Waals surface area contributed by atoms with E-state index < -0.39 is 34.3 Å². The molecule has 1 aromatic carbocycles. The first kappa shape index (κ1) is 32.4. The quantitative estimate of drug-likeness (QED) is 0.246. The van der Waals surface area contributed by atoms with E-state index in [1.165, 1.54) is 45.2 Å². The molecule has 1 N–H and O–H groups in total. The fourth-order valence-corrected chi connectivity index (χ4v) is 6.36. The molecule has 12 heteroatoms. The zero-order chi connectivity index (χ0) is 31.9. The number of Topliss-reactive ketones (excluding diaryl/α,β-unsaturated/α-hetero) is 1. The lowest BCUT2D eigenvalue weighted by Gasteiger charge is -2.29. The highest BCUT2D eigenvalue weighted by atomic mass is 32.1. The summed E-state index contributed by atoms with van der Waals surface area (Å²) in [6.07, 6.45) is 2.92. The van der Waals surface area contributed by atoms with Crippen LogP contribution in [0.1, 0.15) is 77.7 Å². The van der Waals surface area contributed by atoms with Gasteiger partial charge in [-0.3, -0.25) is 14.2 Å². The minimum absolute atomic E-state index is 0.0221. The van der Waals surface area contributed by atoms with Gasteiger partial charge in [-0.1, -0.05) is 38.2 Å². The Morgan fingerprint density at radius 1 is 1.14 bits per heavy atom. The molecular weight excluding hydrogens is 573 g/mol. The van der Waals surface area contributed by atoms with Crippen LogP contribution in [0.3, 0.4) is 0 Å². The van der Waals surface area contributed by atoms with Crippen molar-refractivity contribution in [2.75, 3.05) is 6.61 Å². The van der Waals surface area contributed by atoms with Gasteiger partial charge in [-0.25, -0.2) is 13.8 Å². The number of halogens is 1. The largest absolute Gasteiger partial charge is 0.388 e. The van der Waals surface area contributed by atoms with Gasteiger partial charge in [0.2, 0.25) is 0 Å². The average Bonchev–Trinajstić information content (AvgIpc) is 3.55. The van der Waals surface area contributed by atoms with Crippen molar-refractivity contribution in [2.24, 2.45) is 5.92 Å². The van der Waals surface area contributed by atoms with Crippen molar-refractivity contribution in [2.45, 2.75) is 92.0 Å². The van der Waals surface area contributed by atoms with Gasteiger partial charge in [-0.05, 0) is 70.2 Å². The molecule has 0 amide bonds. The third-order valence-electron chi connectivity index (χ3n) is 7.44. The fraction of sp³-hybridized carbons (Fsp3) is 0.516. The second-order valence-electron chi connectivity index (χ2n) is 12.5. The molecule has 0 aliphatic rings. The molecule has 4 rings (SSSR count). The number of aromatic nitrogens is 5. The lowest BCUT2D eigenvalue weighted by molar-refractivity contribution is -0.127. The van der Waals surface area contributed by atoms with Crippen LogP contribution in [-0.4, -0.2) is 47.2 Å². The van der Waals surface area contributed by atoms with E-state index in [0.29, 0.717) is 27.4 Å². The summed E-state index contributed by atoms with van der Waals surface area (Å²) >= 11 is 1.17. The molecule has 0 saturated carbocycles. The topological polar surface area (TPSA) is 121 Å². The van der Waals surface area contributed by atoms with Crippen LogP contribution >= 0.6 is 11.3 Å². The number of aryl methyl sites for hydroxylation is 2. The summed E-state index contributed by atoms with van der Waals surface area (Å²) < 4.78 is 23.3. The first-order valence-corrected chi connectivity index (χ1v) is 15.2. The monoisotopic (exact) mass is 613 g/mol. The molecule has 0 bridgehead atoms. The highest BCUT2D eigenvalue weighted by Crippen LogP contribution is 2.33. The Morgan fingerprint density at radius 3 is 2.37 bits per heavy atom. The Labute approximate surface area is 253 Å². The lowest BCUT2D eigenvalue weighted by Crippen LogP contribution is -2.53. The predicted molar refractivity (Wildman–Crippen MR) is 165 cm³/mol. The zero-order valence-electron chi connectivity index (χ0n) is 26.0. The van der Waals surface area contributed by atoms with Crippen LogP contribution in [0, 0.1) is 18.7 Å². The summed E-state index contributed by atoms with van der Waals surface area (Å²) in [5.41, 5.74) is -2.03. The van der Waals surface area contributed by atoms with Crippen LogP contribution in [0.4, 0.5) is 4.39 Å². The van der Waals surface area contributed by atoms with Gasteiger partial charge < -0.3 is 9.84 Å². The van der Waals surface area contributed by atoms with Gasteiger partial charge in [0.05, 0.1) is 36.5 Å². The van der Waals surface area contributed by atoms with Crippen LogP contribution < -0.4 is 11.2 Å². The number of nitrogens with zero attached hydrogens (tertiary/aromatic N) is 5. The molecule has 3 heterocycles.